The van der Waals surface area contributed by atoms with Crippen molar-refractivity contribution in [2.75, 3.05) is 26.2 Å². The number of nitrogens with zero attached hydrogens (tertiary/aromatic N) is 2. The van der Waals surface area contributed by atoms with Crippen LogP contribution < -0.4 is 5.32 Å². The van der Waals surface area contributed by atoms with Crippen LogP contribution in [0.25, 0.3) is 6.08 Å². The molecule has 2 aliphatic rings. The maximum Gasteiger partial charge on any atom is 0.246 e. The maximum absolute atomic E-state index is 12.9. The van der Waals surface area contributed by atoms with E-state index in [-0.39, 0.29) is 23.3 Å². The van der Waals surface area contributed by atoms with Gasteiger partial charge in [0, 0.05) is 50.3 Å². The van der Waals surface area contributed by atoms with E-state index >= 15 is 0 Å². The molecular formula is C28H35N3O2. The van der Waals surface area contributed by atoms with Crippen molar-refractivity contribution in [1.82, 2.24) is 15.1 Å². The van der Waals surface area contributed by atoms with Gasteiger partial charge in [0.25, 0.3) is 0 Å². The number of hydrogen-bond donors (Lipinski definition) is 1. The summed E-state index contributed by atoms with van der Waals surface area (Å²) in [5, 5.41) is 3.21. The van der Waals surface area contributed by atoms with Crippen molar-refractivity contribution in [2.45, 2.75) is 45.2 Å². The molecule has 5 heteroatoms. The average molecular weight is 446 g/mol. The molecule has 2 aromatic rings. The number of carbonyl (C=O) groups is 2. The monoisotopic (exact) mass is 445 g/mol. The normalized spacial score (nSPS) is 17.7. The zero-order chi connectivity index (χ0) is 23.3. The highest BCUT2D eigenvalue weighted by molar-refractivity contribution is 5.92. The van der Waals surface area contributed by atoms with Gasteiger partial charge in [-0.25, -0.2) is 0 Å². The molecule has 4 rings (SSSR count). The highest BCUT2D eigenvalue weighted by Crippen LogP contribution is 2.25. The van der Waals surface area contributed by atoms with Crippen LogP contribution in [0, 0.1) is 5.92 Å². The third-order valence-corrected chi connectivity index (χ3v) is 7.08. The Bertz CT molecular complexity index is 991. The highest BCUT2D eigenvalue weighted by atomic mass is 16.2. The number of nitrogens with one attached hydrogen (secondary N) is 1. The second-order valence-corrected chi connectivity index (χ2v) is 9.81. The van der Waals surface area contributed by atoms with Gasteiger partial charge in [-0.1, -0.05) is 54.6 Å². The second-order valence-electron chi connectivity index (χ2n) is 9.81. The highest BCUT2D eigenvalue weighted by Gasteiger charge is 2.32. The molecule has 1 saturated heterocycles. The van der Waals surface area contributed by atoms with Crippen molar-refractivity contribution >= 4 is 17.9 Å². The smallest absolute Gasteiger partial charge is 0.246 e. The first-order chi connectivity index (χ1) is 15.9. The summed E-state index contributed by atoms with van der Waals surface area (Å²) in [5.41, 5.74) is 3.73. The fraction of sp³-hybridized carbons (Fsp3) is 0.429. The van der Waals surface area contributed by atoms with Gasteiger partial charge in [-0.3, -0.25) is 14.5 Å². The lowest BCUT2D eigenvalue weighted by Gasteiger charge is -2.42. The summed E-state index contributed by atoms with van der Waals surface area (Å²) in [7, 11) is 0. The lowest BCUT2D eigenvalue weighted by atomic mass is 9.93. The molecule has 1 N–H and O–H groups in total. The maximum atomic E-state index is 12.9. The number of benzene rings is 2. The molecule has 0 aliphatic carbocycles. The number of carbonyl (C=O) groups excluding carboxylic acids is 2. The van der Waals surface area contributed by atoms with Gasteiger partial charge in [0.15, 0.2) is 0 Å². The van der Waals surface area contributed by atoms with Gasteiger partial charge in [-0.15, -0.1) is 0 Å². The quantitative estimate of drug-likeness (QED) is 0.687. The third kappa shape index (κ3) is 5.91. The van der Waals surface area contributed by atoms with E-state index < -0.39 is 0 Å². The van der Waals surface area contributed by atoms with E-state index in [0.717, 1.165) is 25.1 Å². The van der Waals surface area contributed by atoms with Crippen molar-refractivity contribution in [3.8, 4) is 0 Å². The van der Waals surface area contributed by atoms with Crippen molar-refractivity contribution in [1.29, 1.82) is 0 Å². The number of amides is 2. The van der Waals surface area contributed by atoms with Gasteiger partial charge in [-0.05, 0) is 55.9 Å². The lowest BCUT2D eigenvalue weighted by Crippen LogP contribution is -2.54. The van der Waals surface area contributed by atoms with Crippen molar-refractivity contribution < 1.29 is 9.59 Å². The molecule has 5 nitrogen and oxygen atoms in total. The van der Waals surface area contributed by atoms with Gasteiger partial charge < -0.3 is 10.2 Å². The Kier molecular flexibility index (Phi) is 7.29. The van der Waals surface area contributed by atoms with E-state index in [1.165, 1.54) is 11.1 Å². The van der Waals surface area contributed by atoms with Crippen LogP contribution in [0.1, 0.15) is 43.4 Å². The molecule has 0 bridgehead atoms. The number of rotatable bonds is 6. The van der Waals surface area contributed by atoms with Gasteiger partial charge in [-0.2, -0.15) is 0 Å². The van der Waals surface area contributed by atoms with Crippen LogP contribution in [0.3, 0.4) is 0 Å². The molecule has 33 heavy (non-hydrogen) atoms. The summed E-state index contributed by atoms with van der Waals surface area (Å²) in [6.45, 7) is 8.24. The minimum atomic E-state index is -0.109. The Morgan fingerprint density at radius 2 is 1.64 bits per heavy atom. The zero-order valence-corrected chi connectivity index (χ0v) is 19.8. The molecule has 2 amide bonds. The molecule has 2 aromatic carbocycles. The molecule has 0 radical (unpaired) electrons. The van der Waals surface area contributed by atoms with E-state index in [0.29, 0.717) is 32.5 Å². The summed E-state index contributed by atoms with van der Waals surface area (Å²) in [4.78, 5) is 29.7. The standard InChI is InChI=1S/C28H35N3O2/c1-28(2,31-19-16-23-10-6-7-11-25(23)20-31)21-29-27(33)24-14-17-30(18-15-24)26(32)13-12-22-8-4-3-5-9-22/h3-13,24H,14-21H2,1-2H3,(H,29,33). The Morgan fingerprint density at radius 1 is 0.970 bits per heavy atom. The molecule has 0 unspecified atom stereocenters. The topological polar surface area (TPSA) is 52.7 Å². The van der Waals surface area contributed by atoms with E-state index in [9.17, 15) is 9.59 Å². The zero-order valence-electron chi connectivity index (χ0n) is 19.8. The minimum Gasteiger partial charge on any atom is -0.354 e. The van der Waals surface area contributed by atoms with E-state index in [1.54, 1.807) is 6.08 Å². The van der Waals surface area contributed by atoms with Crippen molar-refractivity contribution in [2.24, 2.45) is 5.92 Å². The first-order valence-electron chi connectivity index (χ1n) is 12.0. The first kappa shape index (κ1) is 23.2. The fourth-order valence-corrected chi connectivity index (χ4v) is 4.77. The van der Waals surface area contributed by atoms with Crippen LogP contribution in [0.15, 0.2) is 60.7 Å². The van der Waals surface area contributed by atoms with E-state index in [4.69, 9.17) is 0 Å². The summed E-state index contributed by atoms with van der Waals surface area (Å²) < 4.78 is 0. The largest absolute Gasteiger partial charge is 0.354 e. The van der Waals surface area contributed by atoms with Gasteiger partial charge >= 0.3 is 0 Å². The SMILES string of the molecule is CC(C)(CNC(=O)C1CCN(C(=O)C=Cc2ccccc2)CC1)N1CCc2ccccc2C1. The average Bonchev–Trinajstić information content (AvgIpc) is 2.86. The molecule has 2 heterocycles. The van der Waals surface area contributed by atoms with Gasteiger partial charge in [0.2, 0.25) is 11.8 Å². The number of piperidine rings is 1. The van der Waals surface area contributed by atoms with Crippen LogP contribution in [0.2, 0.25) is 0 Å². The molecule has 2 aliphatic heterocycles. The predicted molar refractivity (Wildman–Crippen MR) is 132 cm³/mol. The Labute approximate surface area is 197 Å². The summed E-state index contributed by atoms with van der Waals surface area (Å²) in [5.74, 6) is 0.113. The molecule has 174 valence electrons. The van der Waals surface area contributed by atoms with Crippen LogP contribution in [-0.2, 0) is 22.6 Å². The second kappa shape index (κ2) is 10.3. The van der Waals surface area contributed by atoms with Crippen LogP contribution in [-0.4, -0.2) is 53.3 Å². The molecule has 0 spiro atoms. The molecule has 1 fully saturated rings. The summed E-state index contributed by atoms with van der Waals surface area (Å²) >= 11 is 0. The van der Waals surface area contributed by atoms with Gasteiger partial charge in [0.1, 0.15) is 0 Å². The number of likely N-dealkylation sites (tertiary alicyclic amines) is 1. The van der Waals surface area contributed by atoms with Crippen molar-refractivity contribution in [3.63, 3.8) is 0 Å². The van der Waals surface area contributed by atoms with Crippen molar-refractivity contribution in [3.05, 3.63) is 77.4 Å². The van der Waals surface area contributed by atoms with E-state index in [2.05, 4.69) is 48.3 Å². The van der Waals surface area contributed by atoms with Crippen LogP contribution >= 0.6 is 0 Å². The Morgan fingerprint density at radius 3 is 2.36 bits per heavy atom. The summed E-state index contributed by atoms with van der Waals surface area (Å²) in [6, 6.07) is 18.5. The number of fused-ring (bicyclic) bond motifs is 1. The Hall–Kier alpha value is -2.92. The number of hydrogen-bond acceptors (Lipinski definition) is 3. The van der Waals surface area contributed by atoms with E-state index in [1.807, 2.05) is 41.3 Å². The fourth-order valence-electron chi connectivity index (χ4n) is 4.77. The minimum absolute atomic E-state index is 0.0178. The first-order valence-corrected chi connectivity index (χ1v) is 12.0. The summed E-state index contributed by atoms with van der Waals surface area (Å²) in [6.07, 6.45) is 5.97. The molecule has 0 atom stereocenters. The molecular weight excluding hydrogens is 410 g/mol. The van der Waals surface area contributed by atoms with Crippen LogP contribution in [0.4, 0.5) is 0 Å². The molecule has 0 aromatic heterocycles. The third-order valence-electron chi connectivity index (χ3n) is 7.08. The van der Waals surface area contributed by atoms with Gasteiger partial charge in [0.05, 0.1) is 0 Å². The lowest BCUT2D eigenvalue weighted by molar-refractivity contribution is -0.132. The Balaban J connectivity index is 1.23. The predicted octanol–water partition coefficient (Wildman–Crippen LogP) is 3.89. The molecule has 0 saturated carbocycles. The van der Waals surface area contributed by atoms with Crippen LogP contribution in [0.5, 0.6) is 0 Å².